The summed E-state index contributed by atoms with van der Waals surface area (Å²) in [6.07, 6.45) is 1.60. The lowest BCUT2D eigenvalue weighted by Crippen LogP contribution is -2.30. The Bertz CT molecular complexity index is 723. The molecule has 3 rings (SSSR count). The third kappa shape index (κ3) is 3.44. The highest BCUT2D eigenvalue weighted by atomic mass is 35.5. The number of hydrogen-bond donors (Lipinski definition) is 1. The molecule has 0 radical (unpaired) electrons. The Balaban J connectivity index is 0.00000208. The van der Waals surface area contributed by atoms with E-state index in [9.17, 15) is 13.2 Å². The molecule has 1 saturated heterocycles. The highest BCUT2D eigenvalue weighted by Gasteiger charge is 2.33. The molecule has 134 valence electrons. The first-order valence-corrected chi connectivity index (χ1v) is 9.43. The SMILES string of the molecule is CNCC1CCN(S(=O)(=O)c2ccc3c(c2)CCN3C(C)=O)C1.Cl. The third-order valence-electron chi connectivity index (χ3n) is 4.71. The van der Waals surface area contributed by atoms with Gasteiger partial charge in [0.15, 0.2) is 0 Å². The van der Waals surface area contributed by atoms with Crippen molar-refractivity contribution < 1.29 is 13.2 Å². The van der Waals surface area contributed by atoms with Crippen LogP contribution >= 0.6 is 12.4 Å². The number of hydrogen-bond acceptors (Lipinski definition) is 4. The maximum Gasteiger partial charge on any atom is 0.243 e. The van der Waals surface area contributed by atoms with Gasteiger partial charge in [0, 0.05) is 32.2 Å². The zero-order valence-electron chi connectivity index (χ0n) is 14.0. The van der Waals surface area contributed by atoms with Gasteiger partial charge in [0.25, 0.3) is 0 Å². The molecule has 1 amide bonds. The monoisotopic (exact) mass is 373 g/mol. The van der Waals surface area contributed by atoms with Crippen molar-refractivity contribution in [1.29, 1.82) is 0 Å². The first kappa shape index (κ1) is 19.2. The number of nitrogens with zero attached hydrogens (tertiary/aromatic N) is 2. The molecule has 24 heavy (non-hydrogen) atoms. The van der Waals surface area contributed by atoms with Crippen molar-refractivity contribution in [3.05, 3.63) is 23.8 Å². The van der Waals surface area contributed by atoms with Crippen molar-refractivity contribution in [2.45, 2.75) is 24.7 Å². The first-order valence-electron chi connectivity index (χ1n) is 7.99. The number of fused-ring (bicyclic) bond motifs is 1. The normalized spacial score (nSPS) is 20.8. The van der Waals surface area contributed by atoms with E-state index in [1.807, 2.05) is 7.05 Å². The molecule has 1 aromatic carbocycles. The summed E-state index contributed by atoms with van der Waals surface area (Å²) < 4.78 is 27.2. The number of rotatable bonds is 4. The van der Waals surface area contributed by atoms with Crippen molar-refractivity contribution in [3.63, 3.8) is 0 Å². The maximum atomic E-state index is 12.8. The lowest BCUT2D eigenvalue weighted by molar-refractivity contribution is -0.116. The second kappa shape index (κ2) is 7.39. The van der Waals surface area contributed by atoms with Crippen LogP contribution in [0.1, 0.15) is 18.9 Å². The highest BCUT2D eigenvalue weighted by molar-refractivity contribution is 7.89. The molecule has 2 aliphatic rings. The fourth-order valence-electron chi connectivity index (χ4n) is 3.49. The van der Waals surface area contributed by atoms with Gasteiger partial charge in [-0.15, -0.1) is 12.4 Å². The maximum absolute atomic E-state index is 12.8. The molecule has 0 aromatic heterocycles. The lowest BCUT2D eigenvalue weighted by Gasteiger charge is -2.18. The number of halogens is 1. The molecular formula is C16H24ClN3O3S. The van der Waals surface area contributed by atoms with Crippen LogP contribution in [0.5, 0.6) is 0 Å². The second-order valence-electron chi connectivity index (χ2n) is 6.29. The minimum Gasteiger partial charge on any atom is -0.319 e. The first-order chi connectivity index (χ1) is 10.9. The van der Waals surface area contributed by atoms with Crippen LogP contribution in [-0.2, 0) is 21.2 Å². The van der Waals surface area contributed by atoms with E-state index in [0.717, 1.165) is 24.2 Å². The predicted molar refractivity (Wildman–Crippen MR) is 96.2 cm³/mol. The van der Waals surface area contributed by atoms with Gasteiger partial charge in [0.2, 0.25) is 15.9 Å². The molecule has 0 aliphatic carbocycles. The number of anilines is 1. The molecule has 0 saturated carbocycles. The molecule has 1 fully saturated rings. The lowest BCUT2D eigenvalue weighted by atomic mass is 10.1. The van der Waals surface area contributed by atoms with Gasteiger partial charge in [-0.1, -0.05) is 0 Å². The van der Waals surface area contributed by atoms with Gasteiger partial charge in [0.05, 0.1) is 4.90 Å². The number of amides is 1. The standard InChI is InChI=1S/C16H23N3O3S.ClH/c1-12(20)19-8-6-14-9-15(3-4-16(14)19)23(21,22)18-7-5-13(11-18)10-17-2;/h3-4,9,13,17H,5-8,10-11H2,1-2H3;1H. The Morgan fingerprint density at radius 1 is 1.33 bits per heavy atom. The Morgan fingerprint density at radius 2 is 2.08 bits per heavy atom. The molecule has 6 nitrogen and oxygen atoms in total. The number of benzene rings is 1. The predicted octanol–water partition coefficient (Wildman–Crippen LogP) is 1.25. The van der Waals surface area contributed by atoms with Crippen molar-refractivity contribution >= 4 is 34.0 Å². The van der Waals surface area contributed by atoms with Gasteiger partial charge in [-0.05, 0) is 56.1 Å². The quantitative estimate of drug-likeness (QED) is 0.862. The van der Waals surface area contributed by atoms with Gasteiger partial charge < -0.3 is 10.2 Å². The van der Waals surface area contributed by atoms with Gasteiger partial charge in [-0.3, -0.25) is 4.79 Å². The van der Waals surface area contributed by atoms with Crippen molar-refractivity contribution in [1.82, 2.24) is 9.62 Å². The van der Waals surface area contributed by atoms with Crippen LogP contribution in [-0.4, -0.2) is 51.9 Å². The van der Waals surface area contributed by atoms with Gasteiger partial charge in [0.1, 0.15) is 0 Å². The van der Waals surface area contributed by atoms with E-state index in [-0.39, 0.29) is 18.3 Å². The third-order valence-corrected chi connectivity index (χ3v) is 6.57. The molecular weight excluding hydrogens is 350 g/mol. The molecule has 1 atom stereocenters. The fourth-order valence-corrected chi connectivity index (χ4v) is 5.07. The van der Waals surface area contributed by atoms with E-state index in [0.29, 0.717) is 36.9 Å². The van der Waals surface area contributed by atoms with E-state index in [1.165, 1.54) is 6.92 Å². The van der Waals surface area contributed by atoms with Crippen LogP contribution in [0.3, 0.4) is 0 Å². The summed E-state index contributed by atoms with van der Waals surface area (Å²) in [7, 11) is -1.56. The molecule has 0 bridgehead atoms. The largest absolute Gasteiger partial charge is 0.319 e. The number of carbonyl (C=O) groups is 1. The van der Waals surface area contributed by atoms with Gasteiger partial charge in [-0.2, -0.15) is 4.31 Å². The van der Waals surface area contributed by atoms with Crippen molar-refractivity contribution in [2.75, 3.05) is 38.1 Å². The summed E-state index contributed by atoms with van der Waals surface area (Å²) in [5, 5.41) is 3.11. The Kier molecular flexibility index (Phi) is 5.91. The number of sulfonamides is 1. The molecule has 1 N–H and O–H groups in total. The summed E-state index contributed by atoms with van der Waals surface area (Å²) in [5.74, 6) is 0.367. The molecule has 2 aliphatic heterocycles. The topological polar surface area (TPSA) is 69.7 Å². The molecule has 1 aromatic rings. The zero-order valence-corrected chi connectivity index (χ0v) is 15.6. The van der Waals surface area contributed by atoms with Crippen LogP contribution in [0.2, 0.25) is 0 Å². The van der Waals surface area contributed by atoms with Gasteiger partial charge >= 0.3 is 0 Å². The summed E-state index contributed by atoms with van der Waals surface area (Å²) >= 11 is 0. The summed E-state index contributed by atoms with van der Waals surface area (Å²) in [6, 6.07) is 5.12. The Morgan fingerprint density at radius 3 is 2.75 bits per heavy atom. The number of carbonyl (C=O) groups excluding carboxylic acids is 1. The van der Waals surface area contributed by atoms with Crippen LogP contribution < -0.4 is 10.2 Å². The van der Waals surface area contributed by atoms with E-state index in [4.69, 9.17) is 0 Å². The van der Waals surface area contributed by atoms with Gasteiger partial charge in [-0.25, -0.2) is 8.42 Å². The number of nitrogens with one attached hydrogen (secondary N) is 1. The average molecular weight is 374 g/mol. The van der Waals surface area contributed by atoms with E-state index < -0.39 is 10.0 Å². The summed E-state index contributed by atoms with van der Waals surface area (Å²) in [6.45, 7) is 4.14. The smallest absolute Gasteiger partial charge is 0.243 e. The van der Waals surface area contributed by atoms with Crippen molar-refractivity contribution in [2.24, 2.45) is 5.92 Å². The molecule has 8 heteroatoms. The molecule has 2 heterocycles. The van der Waals surface area contributed by atoms with Crippen LogP contribution in [0.15, 0.2) is 23.1 Å². The summed E-state index contributed by atoms with van der Waals surface area (Å²) in [5.41, 5.74) is 1.78. The van der Waals surface area contributed by atoms with E-state index >= 15 is 0 Å². The van der Waals surface area contributed by atoms with Crippen LogP contribution in [0.4, 0.5) is 5.69 Å². The fraction of sp³-hybridized carbons (Fsp3) is 0.562. The van der Waals surface area contributed by atoms with E-state index in [2.05, 4.69) is 5.32 Å². The average Bonchev–Trinajstić information content (AvgIpc) is 3.13. The minimum absolute atomic E-state index is 0. The van der Waals surface area contributed by atoms with Crippen LogP contribution in [0.25, 0.3) is 0 Å². The second-order valence-corrected chi connectivity index (χ2v) is 8.22. The zero-order chi connectivity index (χ0) is 16.6. The summed E-state index contributed by atoms with van der Waals surface area (Å²) in [4.78, 5) is 13.6. The highest BCUT2D eigenvalue weighted by Crippen LogP contribution is 2.32. The molecule has 0 spiro atoms. The molecule has 1 unspecified atom stereocenters. The minimum atomic E-state index is -3.45. The van der Waals surface area contributed by atoms with Crippen LogP contribution in [0, 0.1) is 5.92 Å². The Labute approximate surface area is 149 Å². The van der Waals surface area contributed by atoms with E-state index in [1.54, 1.807) is 27.4 Å². The Hall–Kier alpha value is -1.15. The van der Waals surface area contributed by atoms with Crippen molar-refractivity contribution in [3.8, 4) is 0 Å².